The number of nitrogens with two attached hydrogens (primary N) is 1. The van der Waals surface area contributed by atoms with E-state index in [0.717, 1.165) is 24.1 Å². The van der Waals surface area contributed by atoms with Gasteiger partial charge >= 0.3 is 0 Å². The van der Waals surface area contributed by atoms with Gasteiger partial charge in [-0.05, 0) is 53.8 Å². The van der Waals surface area contributed by atoms with Crippen molar-refractivity contribution in [3.8, 4) is 0 Å². The van der Waals surface area contributed by atoms with E-state index in [4.69, 9.17) is 5.73 Å². The Kier molecular flexibility index (Phi) is 3.60. The summed E-state index contributed by atoms with van der Waals surface area (Å²) in [7, 11) is 0. The zero-order valence-electron chi connectivity index (χ0n) is 11.6. The summed E-state index contributed by atoms with van der Waals surface area (Å²) in [5.41, 5.74) is 9.54. The normalized spacial score (nSPS) is 16.5. The lowest BCUT2D eigenvalue weighted by molar-refractivity contribution is -0.121. The number of halogens is 1. The quantitative estimate of drug-likeness (QED) is 0.852. The van der Waals surface area contributed by atoms with Crippen LogP contribution < -0.4 is 11.1 Å². The lowest BCUT2D eigenvalue weighted by Crippen LogP contribution is -2.28. The van der Waals surface area contributed by atoms with E-state index in [1.807, 2.05) is 18.2 Å². The van der Waals surface area contributed by atoms with Crippen LogP contribution in [-0.4, -0.2) is 5.91 Å². The van der Waals surface area contributed by atoms with Gasteiger partial charge in [0.15, 0.2) is 0 Å². The molecule has 1 amide bonds. The number of anilines is 1. The average Bonchev–Trinajstić information content (AvgIpc) is 2.81. The fourth-order valence-electron chi connectivity index (χ4n) is 2.87. The molecule has 2 aromatic rings. The second kappa shape index (κ2) is 5.56. The molecule has 0 fully saturated rings. The number of aryl methyl sites for hydroxylation is 1. The molecular weight excluding hydrogens is 267 g/mol. The minimum atomic E-state index is -0.318. The number of fused-ring (bicyclic) bond motifs is 1. The first-order chi connectivity index (χ1) is 10.1. The Hall–Kier alpha value is -2.36. The van der Waals surface area contributed by atoms with E-state index in [-0.39, 0.29) is 24.2 Å². The van der Waals surface area contributed by atoms with Crippen molar-refractivity contribution in [2.24, 2.45) is 0 Å². The van der Waals surface area contributed by atoms with Crippen LogP contribution in [-0.2, 0) is 17.6 Å². The van der Waals surface area contributed by atoms with E-state index in [2.05, 4.69) is 5.32 Å². The van der Waals surface area contributed by atoms with E-state index in [9.17, 15) is 9.18 Å². The molecule has 1 aliphatic rings. The predicted molar refractivity (Wildman–Crippen MR) is 80.2 cm³/mol. The molecule has 3 N–H and O–H groups in total. The predicted octanol–water partition coefficient (Wildman–Crippen LogP) is 2.75. The van der Waals surface area contributed by atoms with Crippen molar-refractivity contribution in [2.75, 3.05) is 5.73 Å². The number of amides is 1. The van der Waals surface area contributed by atoms with Crippen molar-refractivity contribution in [1.82, 2.24) is 5.32 Å². The number of benzene rings is 2. The Morgan fingerprint density at radius 3 is 2.95 bits per heavy atom. The Morgan fingerprint density at radius 1 is 1.29 bits per heavy atom. The van der Waals surface area contributed by atoms with Gasteiger partial charge < -0.3 is 11.1 Å². The van der Waals surface area contributed by atoms with E-state index < -0.39 is 0 Å². The fraction of sp³-hybridized carbons (Fsp3) is 0.235. The van der Waals surface area contributed by atoms with Gasteiger partial charge in [-0.2, -0.15) is 0 Å². The molecule has 0 bridgehead atoms. The maximum Gasteiger partial charge on any atom is 0.224 e. The molecule has 21 heavy (non-hydrogen) atoms. The molecule has 1 unspecified atom stereocenters. The highest BCUT2D eigenvalue weighted by molar-refractivity contribution is 5.79. The molecule has 3 nitrogen and oxygen atoms in total. The van der Waals surface area contributed by atoms with Gasteiger partial charge in [-0.1, -0.05) is 18.2 Å². The van der Waals surface area contributed by atoms with Crippen molar-refractivity contribution in [1.29, 1.82) is 0 Å². The highest BCUT2D eigenvalue weighted by Crippen LogP contribution is 2.32. The summed E-state index contributed by atoms with van der Waals surface area (Å²) >= 11 is 0. The molecule has 0 radical (unpaired) electrons. The molecule has 0 spiro atoms. The molecule has 1 atom stereocenters. The Morgan fingerprint density at radius 2 is 2.14 bits per heavy atom. The maximum absolute atomic E-state index is 13.1. The van der Waals surface area contributed by atoms with Gasteiger partial charge in [-0.25, -0.2) is 4.39 Å². The van der Waals surface area contributed by atoms with Crippen molar-refractivity contribution in [3.63, 3.8) is 0 Å². The minimum Gasteiger partial charge on any atom is -0.399 e. The van der Waals surface area contributed by atoms with Crippen molar-refractivity contribution in [3.05, 3.63) is 65.0 Å². The highest BCUT2D eigenvalue weighted by atomic mass is 19.1. The smallest absolute Gasteiger partial charge is 0.224 e. The van der Waals surface area contributed by atoms with E-state index in [0.29, 0.717) is 5.56 Å². The van der Waals surface area contributed by atoms with E-state index in [1.165, 1.54) is 17.7 Å². The van der Waals surface area contributed by atoms with Crippen molar-refractivity contribution >= 4 is 11.6 Å². The van der Waals surface area contributed by atoms with Crippen LogP contribution in [0.1, 0.15) is 29.2 Å². The third-order valence-electron chi connectivity index (χ3n) is 3.83. The average molecular weight is 284 g/mol. The van der Waals surface area contributed by atoms with Crippen LogP contribution in [0.2, 0.25) is 0 Å². The number of nitrogens with one attached hydrogen (secondary N) is 1. The number of carbonyl (C=O) groups excluding carboxylic acids is 1. The highest BCUT2D eigenvalue weighted by Gasteiger charge is 2.23. The number of carbonyl (C=O) groups is 1. The lowest BCUT2D eigenvalue weighted by atomic mass is 10.1. The maximum atomic E-state index is 13.1. The van der Waals surface area contributed by atoms with Gasteiger partial charge in [0, 0.05) is 5.69 Å². The third kappa shape index (κ3) is 3.05. The molecule has 0 heterocycles. The number of hydrogen-bond acceptors (Lipinski definition) is 2. The molecule has 0 aromatic heterocycles. The molecular formula is C17H17FN2O. The fourth-order valence-corrected chi connectivity index (χ4v) is 2.87. The standard InChI is InChI=1S/C17H17FN2O/c18-13-3-1-2-11(8-13)9-17(21)20-16-7-4-12-10-14(19)5-6-15(12)16/h1-3,5-6,8,10,16H,4,7,9,19H2,(H,20,21). The summed E-state index contributed by atoms with van der Waals surface area (Å²) in [6, 6.07) is 12.0. The van der Waals surface area contributed by atoms with Gasteiger partial charge in [-0.3, -0.25) is 4.79 Å². The molecule has 108 valence electrons. The van der Waals surface area contributed by atoms with Crippen LogP contribution in [0.5, 0.6) is 0 Å². The first-order valence-corrected chi connectivity index (χ1v) is 7.04. The Balaban J connectivity index is 1.67. The summed E-state index contributed by atoms with van der Waals surface area (Å²) in [6.45, 7) is 0. The molecule has 0 aliphatic heterocycles. The molecule has 1 aliphatic carbocycles. The van der Waals surface area contributed by atoms with Crippen LogP contribution in [0.25, 0.3) is 0 Å². The van der Waals surface area contributed by atoms with E-state index >= 15 is 0 Å². The molecule has 4 heteroatoms. The lowest BCUT2D eigenvalue weighted by Gasteiger charge is -2.14. The van der Waals surface area contributed by atoms with Gasteiger partial charge in [0.1, 0.15) is 5.82 Å². The molecule has 0 saturated heterocycles. The summed E-state index contributed by atoms with van der Waals surface area (Å²) in [5.74, 6) is -0.405. The van der Waals surface area contributed by atoms with E-state index in [1.54, 1.807) is 12.1 Å². The SMILES string of the molecule is Nc1ccc2c(c1)CCC2NC(=O)Cc1cccc(F)c1. The van der Waals surface area contributed by atoms with Crippen LogP contribution in [0.15, 0.2) is 42.5 Å². The zero-order valence-corrected chi connectivity index (χ0v) is 11.6. The largest absolute Gasteiger partial charge is 0.399 e. The topological polar surface area (TPSA) is 55.1 Å². The van der Waals surface area contributed by atoms with Gasteiger partial charge in [0.05, 0.1) is 12.5 Å². The first-order valence-electron chi connectivity index (χ1n) is 7.04. The number of hydrogen-bond donors (Lipinski definition) is 2. The monoisotopic (exact) mass is 284 g/mol. The molecule has 2 aromatic carbocycles. The summed E-state index contributed by atoms with van der Waals surface area (Å²) < 4.78 is 13.1. The number of rotatable bonds is 3. The summed E-state index contributed by atoms with van der Waals surface area (Å²) in [5, 5.41) is 3.02. The van der Waals surface area contributed by atoms with Gasteiger partial charge in [-0.15, -0.1) is 0 Å². The van der Waals surface area contributed by atoms with Crippen molar-refractivity contribution in [2.45, 2.75) is 25.3 Å². The summed E-state index contributed by atoms with van der Waals surface area (Å²) in [4.78, 5) is 12.1. The summed E-state index contributed by atoms with van der Waals surface area (Å²) in [6.07, 6.45) is 2.00. The second-order valence-electron chi connectivity index (χ2n) is 5.42. The molecule has 0 saturated carbocycles. The van der Waals surface area contributed by atoms with Gasteiger partial charge in [0.25, 0.3) is 0 Å². The van der Waals surface area contributed by atoms with Crippen LogP contribution in [0.4, 0.5) is 10.1 Å². The Bertz CT molecular complexity index is 684. The second-order valence-corrected chi connectivity index (χ2v) is 5.42. The minimum absolute atomic E-state index is 0.0293. The first kappa shape index (κ1) is 13.6. The van der Waals surface area contributed by atoms with Crippen LogP contribution in [0.3, 0.4) is 0 Å². The third-order valence-corrected chi connectivity index (χ3v) is 3.83. The Labute approximate surface area is 123 Å². The van der Waals surface area contributed by atoms with Crippen LogP contribution >= 0.6 is 0 Å². The van der Waals surface area contributed by atoms with Crippen LogP contribution in [0, 0.1) is 5.82 Å². The van der Waals surface area contributed by atoms with Crippen molar-refractivity contribution < 1.29 is 9.18 Å². The molecule has 3 rings (SSSR count). The van der Waals surface area contributed by atoms with Gasteiger partial charge in [0.2, 0.25) is 5.91 Å². The zero-order chi connectivity index (χ0) is 14.8. The number of nitrogen functional groups attached to an aromatic ring is 1.